The number of hydrogen-bond acceptors (Lipinski definition) is 5. The molecule has 3 N–H and O–H groups in total. The first-order chi connectivity index (χ1) is 11.6. The van der Waals surface area contributed by atoms with Crippen LogP contribution in [-0.4, -0.2) is 45.7 Å². The van der Waals surface area contributed by atoms with E-state index in [4.69, 9.17) is 0 Å². The van der Waals surface area contributed by atoms with E-state index in [1.165, 1.54) is 0 Å². The fraction of sp³-hybridized carbons (Fsp3) is 0.800. The fourth-order valence-corrected chi connectivity index (χ4v) is 7.25. The molecule has 0 radical (unpaired) electrons. The van der Waals surface area contributed by atoms with Gasteiger partial charge in [-0.1, -0.05) is 26.8 Å². The van der Waals surface area contributed by atoms with Crippen molar-refractivity contribution in [2.45, 2.75) is 64.3 Å². The molecule has 0 amide bonds. The molecule has 5 heteroatoms. The Bertz CT molecular complexity index is 658. The van der Waals surface area contributed by atoms with Gasteiger partial charge in [0.15, 0.2) is 5.78 Å². The summed E-state index contributed by atoms with van der Waals surface area (Å²) in [6.07, 6.45) is 1.02. The van der Waals surface area contributed by atoms with Crippen molar-refractivity contribution < 1.29 is 24.9 Å². The minimum Gasteiger partial charge on any atom is -0.392 e. The highest BCUT2D eigenvalue weighted by Gasteiger charge is 2.74. The van der Waals surface area contributed by atoms with Gasteiger partial charge in [-0.3, -0.25) is 4.79 Å². The number of carbonyl (C=O) groups is 2. The van der Waals surface area contributed by atoms with Crippen LogP contribution in [0, 0.1) is 34.0 Å². The van der Waals surface area contributed by atoms with Crippen LogP contribution in [0.15, 0.2) is 12.2 Å². The summed E-state index contributed by atoms with van der Waals surface area (Å²) in [5, 5.41) is 32.5. The fourth-order valence-electron chi connectivity index (χ4n) is 7.25. The van der Waals surface area contributed by atoms with E-state index in [1.807, 2.05) is 6.92 Å². The van der Waals surface area contributed by atoms with Crippen molar-refractivity contribution in [2.24, 2.45) is 34.0 Å². The second kappa shape index (κ2) is 5.02. The van der Waals surface area contributed by atoms with Crippen molar-refractivity contribution in [3.05, 3.63) is 12.2 Å². The van der Waals surface area contributed by atoms with Crippen molar-refractivity contribution >= 4 is 12.1 Å². The number of aliphatic hydroxyl groups excluding tert-OH is 3. The lowest BCUT2D eigenvalue weighted by Gasteiger charge is -2.69. The van der Waals surface area contributed by atoms with Crippen LogP contribution in [0.4, 0.5) is 0 Å². The lowest BCUT2D eigenvalue weighted by Crippen LogP contribution is -2.75. The molecule has 5 saturated carbocycles. The molecule has 25 heavy (non-hydrogen) atoms. The quantitative estimate of drug-likeness (QED) is 0.490. The highest BCUT2D eigenvalue weighted by molar-refractivity contribution is 6.03. The highest BCUT2D eigenvalue weighted by atomic mass is 16.3. The molecule has 0 aromatic carbocycles. The van der Waals surface area contributed by atoms with E-state index in [1.54, 1.807) is 0 Å². The number of ketones is 1. The van der Waals surface area contributed by atoms with Gasteiger partial charge in [0.25, 0.3) is 0 Å². The van der Waals surface area contributed by atoms with Crippen LogP contribution in [0.25, 0.3) is 0 Å². The molecule has 5 nitrogen and oxygen atoms in total. The molecular weight excluding hydrogens is 320 g/mol. The summed E-state index contributed by atoms with van der Waals surface area (Å²) in [4.78, 5) is 25.0. The topological polar surface area (TPSA) is 94.8 Å². The summed E-state index contributed by atoms with van der Waals surface area (Å²) in [5.41, 5.74) is -1.87. The van der Waals surface area contributed by atoms with E-state index < -0.39 is 35.1 Å². The van der Waals surface area contributed by atoms with Crippen molar-refractivity contribution in [1.29, 1.82) is 0 Å². The molecule has 9 atom stereocenters. The third-order valence-corrected chi connectivity index (χ3v) is 8.52. The molecule has 0 saturated heterocycles. The maximum Gasteiger partial charge on any atom is 0.170 e. The Balaban J connectivity index is 1.89. The molecule has 1 spiro atoms. The van der Waals surface area contributed by atoms with Crippen molar-refractivity contribution in [3.8, 4) is 0 Å². The van der Waals surface area contributed by atoms with Gasteiger partial charge in [-0.15, -0.1) is 0 Å². The van der Waals surface area contributed by atoms with Gasteiger partial charge < -0.3 is 20.1 Å². The SMILES string of the molecule is C=C1C(=O)C23C(O)CC4C(C)(C=O)CCCC4(C)C2CC1C(O)C3O. The predicted molar refractivity (Wildman–Crippen MR) is 90.4 cm³/mol. The van der Waals surface area contributed by atoms with E-state index in [0.29, 0.717) is 18.4 Å². The minimum absolute atomic E-state index is 0.0263. The summed E-state index contributed by atoms with van der Waals surface area (Å²) in [7, 11) is 0. The zero-order valence-corrected chi connectivity index (χ0v) is 14.9. The first-order valence-corrected chi connectivity index (χ1v) is 9.38. The van der Waals surface area contributed by atoms with Crippen LogP contribution in [0.2, 0.25) is 0 Å². The maximum absolute atomic E-state index is 13.2. The Morgan fingerprint density at radius 2 is 1.80 bits per heavy atom. The molecule has 0 aromatic rings. The van der Waals surface area contributed by atoms with Gasteiger partial charge >= 0.3 is 0 Å². The molecule has 2 bridgehead atoms. The number of Topliss-reactive ketones (excluding diaryl/α,β-unsaturated/α-hetero) is 1. The Labute approximate surface area is 148 Å². The summed E-state index contributed by atoms with van der Waals surface area (Å²) in [6.45, 7) is 7.94. The Morgan fingerprint density at radius 1 is 1.12 bits per heavy atom. The van der Waals surface area contributed by atoms with Gasteiger partial charge in [-0.25, -0.2) is 0 Å². The largest absolute Gasteiger partial charge is 0.392 e. The number of aldehydes is 1. The van der Waals surface area contributed by atoms with Gasteiger partial charge in [0.2, 0.25) is 0 Å². The van der Waals surface area contributed by atoms with Gasteiger partial charge in [0, 0.05) is 11.3 Å². The average molecular weight is 348 g/mol. The normalized spacial score (nSPS) is 57.8. The number of aliphatic hydroxyl groups is 3. The van der Waals surface area contributed by atoms with Crippen LogP contribution in [0.1, 0.15) is 46.0 Å². The van der Waals surface area contributed by atoms with Crippen LogP contribution >= 0.6 is 0 Å². The van der Waals surface area contributed by atoms with E-state index in [0.717, 1.165) is 25.5 Å². The van der Waals surface area contributed by atoms with Crippen LogP contribution < -0.4 is 0 Å². The van der Waals surface area contributed by atoms with Gasteiger partial charge in [-0.2, -0.15) is 0 Å². The maximum atomic E-state index is 13.2. The third-order valence-electron chi connectivity index (χ3n) is 8.52. The van der Waals surface area contributed by atoms with Crippen molar-refractivity contribution in [1.82, 2.24) is 0 Å². The molecule has 0 heterocycles. The second-order valence-corrected chi connectivity index (χ2v) is 9.40. The Morgan fingerprint density at radius 3 is 2.44 bits per heavy atom. The number of rotatable bonds is 1. The first kappa shape index (κ1) is 17.4. The van der Waals surface area contributed by atoms with Crippen LogP contribution in [0.5, 0.6) is 0 Å². The van der Waals surface area contributed by atoms with E-state index in [9.17, 15) is 24.9 Å². The molecular formula is C20H28O5. The molecule has 0 aromatic heterocycles. The zero-order valence-electron chi connectivity index (χ0n) is 14.9. The number of carbonyl (C=O) groups excluding carboxylic acids is 2. The van der Waals surface area contributed by atoms with Crippen molar-refractivity contribution in [2.75, 3.05) is 0 Å². The number of hydrogen-bond donors (Lipinski definition) is 3. The monoisotopic (exact) mass is 348 g/mol. The van der Waals surface area contributed by atoms with E-state index in [-0.39, 0.29) is 23.0 Å². The van der Waals surface area contributed by atoms with Gasteiger partial charge in [-0.05, 0) is 48.5 Å². The summed E-state index contributed by atoms with van der Waals surface area (Å²) >= 11 is 0. The summed E-state index contributed by atoms with van der Waals surface area (Å²) in [5.74, 6) is -1.00. The smallest absolute Gasteiger partial charge is 0.170 e. The summed E-state index contributed by atoms with van der Waals surface area (Å²) < 4.78 is 0. The molecule has 5 aliphatic rings. The van der Waals surface area contributed by atoms with Crippen LogP contribution in [0.3, 0.4) is 0 Å². The zero-order chi connectivity index (χ0) is 18.4. The lowest BCUT2D eigenvalue weighted by atomic mass is 9.35. The van der Waals surface area contributed by atoms with E-state index >= 15 is 0 Å². The Hall–Kier alpha value is -1.04. The average Bonchev–Trinajstić information content (AvgIpc) is 2.57. The Kier molecular flexibility index (Phi) is 3.49. The summed E-state index contributed by atoms with van der Waals surface area (Å²) in [6, 6.07) is 0. The third kappa shape index (κ3) is 1.75. The molecule has 138 valence electrons. The lowest BCUT2D eigenvalue weighted by molar-refractivity contribution is -0.262. The van der Waals surface area contributed by atoms with Gasteiger partial charge in [0.05, 0.1) is 23.7 Å². The standard InChI is InChI=1S/C20H28O5/c1-10-11-7-13-19(3)6-4-5-18(2,9-21)12(19)8-14(22)20(13,16(10)24)17(25)15(11)23/h9,11-15,17,22-23,25H,1,4-8H2,2-3H3. The van der Waals surface area contributed by atoms with Crippen LogP contribution in [-0.2, 0) is 9.59 Å². The molecule has 0 aliphatic heterocycles. The van der Waals surface area contributed by atoms with E-state index in [2.05, 4.69) is 13.5 Å². The minimum atomic E-state index is -1.38. The number of fused-ring (bicyclic) bond motifs is 3. The van der Waals surface area contributed by atoms with Crippen molar-refractivity contribution in [3.63, 3.8) is 0 Å². The van der Waals surface area contributed by atoms with Gasteiger partial charge in [0.1, 0.15) is 6.29 Å². The molecule has 5 aliphatic carbocycles. The molecule has 5 rings (SSSR count). The highest BCUT2D eigenvalue weighted by Crippen LogP contribution is 2.70. The predicted octanol–water partition coefficient (Wildman–Crippen LogP) is 1.25. The second-order valence-electron chi connectivity index (χ2n) is 9.40. The molecule has 5 fully saturated rings. The molecule has 9 unspecified atom stereocenters. The first-order valence-electron chi connectivity index (χ1n) is 9.38.